The van der Waals surface area contributed by atoms with E-state index in [4.69, 9.17) is 9.16 Å². The van der Waals surface area contributed by atoms with Crippen molar-refractivity contribution in [3.05, 3.63) is 22.4 Å². The third-order valence-electron chi connectivity index (χ3n) is 4.65. The number of likely N-dealkylation sites (tertiary alicyclic amines) is 1. The van der Waals surface area contributed by atoms with E-state index in [0.717, 1.165) is 23.0 Å². The SMILES string of the molecule is CCOC(=O)N1C(=O)C(O[Si](CC)(CC)CC)C1c1cccs1. The van der Waals surface area contributed by atoms with Crippen LogP contribution < -0.4 is 0 Å². The topological polar surface area (TPSA) is 55.8 Å². The van der Waals surface area contributed by atoms with Gasteiger partial charge in [-0.05, 0) is 36.5 Å². The molecule has 5 nitrogen and oxygen atoms in total. The van der Waals surface area contributed by atoms with E-state index >= 15 is 0 Å². The second-order valence-electron chi connectivity index (χ2n) is 5.65. The van der Waals surface area contributed by atoms with Gasteiger partial charge in [0.25, 0.3) is 5.91 Å². The quantitative estimate of drug-likeness (QED) is 0.544. The van der Waals surface area contributed by atoms with Gasteiger partial charge in [-0.15, -0.1) is 11.3 Å². The van der Waals surface area contributed by atoms with E-state index in [0.29, 0.717) is 0 Å². The third kappa shape index (κ3) is 3.36. The maximum Gasteiger partial charge on any atom is 0.417 e. The Morgan fingerprint density at radius 3 is 2.39 bits per heavy atom. The number of imide groups is 1. The Morgan fingerprint density at radius 1 is 1.26 bits per heavy atom. The maximum absolute atomic E-state index is 12.5. The molecule has 128 valence electrons. The van der Waals surface area contributed by atoms with Gasteiger partial charge in [0, 0.05) is 4.88 Å². The van der Waals surface area contributed by atoms with Gasteiger partial charge >= 0.3 is 6.09 Å². The lowest BCUT2D eigenvalue weighted by molar-refractivity contribution is -0.160. The van der Waals surface area contributed by atoms with Gasteiger partial charge in [-0.2, -0.15) is 0 Å². The summed E-state index contributed by atoms with van der Waals surface area (Å²) in [5.41, 5.74) is 0. The summed E-state index contributed by atoms with van der Waals surface area (Å²) in [4.78, 5) is 26.8. The van der Waals surface area contributed by atoms with Gasteiger partial charge < -0.3 is 9.16 Å². The fourth-order valence-electron chi connectivity index (χ4n) is 2.98. The summed E-state index contributed by atoms with van der Waals surface area (Å²) < 4.78 is 11.4. The average molecular weight is 356 g/mol. The maximum atomic E-state index is 12.5. The van der Waals surface area contributed by atoms with E-state index in [-0.39, 0.29) is 18.6 Å². The fourth-order valence-corrected chi connectivity index (χ4v) is 6.59. The Balaban J connectivity index is 2.25. The van der Waals surface area contributed by atoms with Crippen molar-refractivity contribution in [2.24, 2.45) is 0 Å². The van der Waals surface area contributed by atoms with Crippen LogP contribution in [0.1, 0.15) is 38.6 Å². The molecule has 2 rings (SSSR count). The zero-order chi connectivity index (χ0) is 17.0. The monoisotopic (exact) mass is 355 g/mol. The molecule has 0 radical (unpaired) electrons. The van der Waals surface area contributed by atoms with Gasteiger partial charge in [0.15, 0.2) is 14.4 Å². The number of amides is 2. The molecule has 2 atom stereocenters. The highest BCUT2D eigenvalue weighted by molar-refractivity contribution is 7.10. The van der Waals surface area contributed by atoms with Gasteiger partial charge in [0.05, 0.1) is 6.61 Å². The molecule has 7 heteroatoms. The Hall–Kier alpha value is -1.18. The lowest BCUT2D eigenvalue weighted by Crippen LogP contribution is -2.64. The molecule has 1 saturated heterocycles. The van der Waals surface area contributed by atoms with Crippen molar-refractivity contribution < 1.29 is 18.8 Å². The summed E-state index contributed by atoms with van der Waals surface area (Å²) in [5.74, 6) is -0.269. The Morgan fingerprint density at radius 2 is 1.91 bits per heavy atom. The summed E-state index contributed by atoms with van der Waals surface area (Å²) >= 11 is 1.53. The molecule has 1 aromatic heterocycles. The lowest BCUT2D eigenvalue weighted by Gasteiger charge is -2.47. The smallest absolute Gasteiger partial charge is 0.417 e. The number of ether oxygens (including phenoxy) is 1. The molecule has 0 aliphatic carbocycles. The van der Waals surface area contributed by atoms with E-state index in [1.807, 2.05) is 17.5 Å². The van der Waals surface area contributed by atoms with Gasteiger partial charge in [-0.1, -0.05) is 26.8 Å². The molecule has 23 heavy (non-hydrogen) atoms. The van der Waals surface area contributed by atoms with Crippen molar-refractivity contribution in [3.8, 4) is 0 Å². The summed E-state index contributed by atoms with van der Waals surface area (Å²) in [5, 5.41) is 1.95. The molecule has 0 spiro atoms. The van der Waals surface area contributed by atoms with Crippen molar-refractivity contribution in [1.82, 2.24) is 4.90 Å². The lowest BCUT2D eigenvalue weighted by atomic mass is 9.97. The number of β-lactam (4-membered cyclic amide) rings is 1. The van der Waals surface area contributed by atoms with Crippen LogP contribution in [0.25, 0.3) is 0 Å². The average Bonchev–Trinajstić information content (AvgIpc) is 3.07. The van der Waals surface area contributed by atoms with Gasteiger partial charge in [0.2, 0.25) is 0 Å². The number of thiophene rings is 1. The zero-order valence-electron chi connectivity index (χ0n) is 14.2. The number of carbonyl (C=O) groups excluding carboxylic acids is 2. The standard InChI is InChI=1S/C16H25NO4SSi/c1-5-20-16(19)17-13(12-10-9-11-22-12)14(15(17)18)21-23(6-2,7-3)8-4/h9-11,13-14H,5-8H2,1-4H3. The Kier molecular flexibility index (Phi) is 5.99. The predicted molar refractivity (Wildman–Crippen MR) is 93.0 cm³/mol. The molecule has 1 aromatic rings. The van der Waals surface area contributed by atoms with E-state index in [9.17, 15) is 9.59 Å². The zero-order valence-corrected chi connectivity index (χ0v) is 16.0. The molecule has 1 fully saturated rings. The summed E-state index contributed by atoms with van der Waals surface area (Å²) in [6.45, 7) is 8.38. The molecule has 0 bridgehead atoms. The fraction of sp³-hybridized carbons (Fsp3) is 0.625. The first-order valence-corrected chi connectivity index (χ1v) is 11.7. The van der Waals surface area contributed by atoms with Crippen LogP contribution in [0.4, 0.5) is 4.79 Å². The number of hydrogen-bond donors (Lipinski definition) is 0. The van der Waals surface area contributed by atoms with Gasteiger partial charge in [-0.25, -0.2) is 9.69 Å². The van der Waals surface area contributed by atoms with Crippen LogP contribution in [0, 0.1) is 0 Å². The number of rotatable bonds is 7. The van der Waals surface area contributed by atoms with Crippen molar-refractivity contribution >= 4 is 31.7 Å². The molecule has 2 amide bonds. The van der Waals surface area contributed by atoms with Gasteiger partial charge in [0.1, 0.15) is 6.04 Å². The molecule has 0 aromatic carbocycles. The molecular weight excluding hydrogens is 330 g/mol. The van der Waals surface area contributed by atoms with Crippen LogP contribution >= 0.6 is 11.3 Å². The molecule has 2 unspecified atom stereocenters. The number of hydrogen-bond acceptors (Lipinski definition) is 5. The largest absolute Gasteiger partial charge is 0.449 e. The minimum Gasteiger partial charge on any atom is -0.449 e. The van der Waals surface area contributed by atoms with Crippen molar-refractivity contribution in [2.45, 2.75) is 58.0 Å². The molecular formula is C16H25NO4SSi. The van der Waals surface area contributed by atoms with Gasteiger partial charge in [-0.3, -0.25) is 4.79 Å². The van der Waals surface area contributed by atoms with Crippen LogP contribution in [-0.2, 0) is 14.0 Å². The van der Waals surface area contributed by atoms with Crippen LogP contribution in [0.2, 0.25) is 18.1 Å². The third-order valence-corrected chi connectivity index (χ3v) is 10.2. The molecule has 0 saturated carbocycles. The molecule has 1 aliphatic heterocycles. The van der Waals surface area contributed by atoms with E-state index < -0.39 is 20.5 Å². The van der Waals surface area contributed by atoms with E-state index in [1.165, 1.54) is 16.2 Å². The number of nitrogens with zero attached hydrogens (tertiary/aromatic N) is 1. The van der Waals surface area contributed by atoms with E-state index in [1.54, 1.807) is 6.92 Å². The van der Waals surface area contributed by atoms with Crippen molar-refractivity contribution in [3.63, 3.8) is 0 Å². The van der Waals surface area contributed by atoms with Crippen LogP contribution in [0.15, 0.2) is 17.5 Å². The summed E-state index contributed by atoms with van der Waals surface area (Å²) in [7, 11) is -1.92. The normalized spacial score (nSPS) is 21.2. The number of carbonyl (C=O) groups is 2. The first-order valence-electron chi connectivity index (χ1n) is 8.24. The second-order valence-corrected chi connectivity index (χ2v) is 11.4. The Labute approximate surface area is 142 Å². The highest BCUT2D eigenvalue weighted by Crippen LogP contribution is 2.42. The van der Waals surface area contributed by atoms with Crippen LogP contribution in [-0.4, -0.2) is 37.9 Å². The minimum atomic E-state index is -1.92. The second kappa shape index (κ2) is 7.59. The molecule has 2 heterocycles. The first-order chi connectivity index (χ1) is 11.0. The van der Waals surface area contributed by atoms with Crippen LogP contribution in [0.3, 0.4) is 0 Å². The van der Waals surface area contributed by atoms with E-state index in [2.05, 4.69) is 20.8 Å². The minimum absolute atomic E-state index is 0.253. The highest BCUT2D eigenvalue weighted by Gasteiger charge is 2.55. The van der Waals surface area contributed by atoms with Crippen molar-refractivity contribution in [1.29, 1.82) is 0 Å². The summed E-state index contributed by atoms with van der Waals surface area (Å²) in [6.07, 6.45) is -1.13. The molecule has 1 aliphatic rings. The van der Waals surface area contributed by atoms with Crippen LogP contribution in [0.5, 0.6) is 0 Å². The van der Waals surface area contributed by atoms with Crippen molar-refractivity contribution in [2.75, 3.05) is 6.61 Å². The Bertz CT molecular complexity index is 536. The summed E-state index contributed by atoms with van der Waals surface area (Å²) in [6, 6.07) is 6.43. The predicted octanol–water partition coefficient (Wildman–Crippen LogP) is 4.18. The molecule has 0 N–H and O–H groups in total. The highest BCUT2D eigenvalue weighted by atomic mass is 32.1. The first kappa shape index (κ1) is 18.2.